The molecule has 5 heteroatoms. The molecule has 0 saturated heterocycles. The Morgan fingerprint density at radius 2 is 1.96 bits per heavy atom. The molecule has 0 bridgehead atoms. The standard InChI is InChI=1S/C23H28Cl2N2O/c1-3-19(8-4-16-5-11-22(24)23(25)12-16)27-21-10-7-17-6-9-20(26-15(2)28)13-18(17)14-21/h5-6,9,11-13,19,21,27H,3-4,7-8,10,14H2,1-2H3,(H,26,28). The van der Waals surface area contributed by atoms with Gasteiger partial charge in [0.1, 0.15) is 0 Å². The molecule has 0 fully saturated rings. The first-order valence-corrected chi connectivity index (χ1v) is 10.8. The molecule has 1 aliphatic rings. The van der Waals surface area contributed by atoms with Crippen LogP contribution >= 0.6 is 23.2 Å². The molecular formula is C23H28Cl2N2O. The first-order valence-electron chi connectivity index (χ1n) is 10.0. The van der Waals surface area contributed by atoms with Crippen molar-refractivity contribution in [2.75, 3.05) is 5.32 Å². The largest absolute Gasteiger partial charge is 0.326 e. The van der Waals surface area contributed by atoms with Gasteiger partial charge in [-0.1, -0.05) is 42.3 Å². The summed E-state index contributed by atoms with van der Waals surface area (Å²) < 4.78 is 0. The van der Waals surface area contributed by atoms with E-state index in [0.29, 0.717) is 22.1 Å². The van der Waals surface area contributed by atoms with E-state index in [2.05, 4.69) is 35.8 Å². The average molecular weight is 419 g/mol. The van der Waals surface area contributed by atoms with E-state index in [0.717, 1.165) is 44.2 Å². The van der Waals surface area contributed by atoms with Gasteiger partial charge in [-0.2, -0.15) is 0 Å². The van der Waals surface area contributed by atoms with Crippen LogP contribution in [0.1, 0.15) is 49.8 Å². The number of hydrogen-bond acceptors (Lipinski definition) is 2. The summed E-state index contributed by atoms with van der Waals surface area (Å²) in [5, 5.41) is 7.98. The zero-order chi connectivity index (χ0) is 20.1. The average Bonchev–Trinajstić information content (AvgIpc) is 2.67. The highest BCUT2D eigenvalue weighted by molar-refractivity contribution is 6.42. The molecule has 1 amide bonds. The zero-order valence-corrected chi connectivity index (χ0v) is 18.0. The predicted octanol–water partition coefficient (Wildman–Crippen LogP) is 5.81. The van der Waals surface area contributed by atoms with Gasteiger partial charge in [-0.3, -0.25) is 4.79 Å². The normalized spacial score (nSPS) is 17.1. The minimum Gasteiger partial charge on any atom is -0.326 e. The van der Waals surface area contributed by atoms with Crippen LogP contribution in [0.15, 0.2) is 36.4 Å². The molecule has 0 aliphatic heterocycles. The molecule has 2 aromatic rings. The second-order valence-electron chi connectivity index (χ2n) is 7.66. The fourth-order valence-corrected chi connectivity index (χ4v) is 4.28. The van der Waals surface area contributed by atoms with Crippen LogP contribution in [0.4, 0.5) is 5.69 Å². The third kappa shape index (κ3) is 5.73. The van der Waals surface area contributed by atoms with Crippen LogP contribution in [-0.4, -0.2) is 18.0 Å². The molecule has 2 unspecified atom stereocenters. The van der Waals surface area contributed by atoms with E-state index >= 15 is 0 Å². The Balaban J connectivity index is 1.58. The highest BCUT2D eigenvalue weighted by Gasteiger charge is 2.21. The molecule has 1 aliphatic carbocycles. The van der Waals surface area contributed by atoms with Crippen molar-refractivity contribution in [3.05, 3.63) is 63.1 Å². The Morgan fingerprint density at radius 3 is 2.68 bits per heavy atom. The Labute approximate surface area is 177 Å². The number of rotatable bonds is 7. The van der Waals surface area contributed by atoms with Crippen molar-refractivity contribution in [3.63, 3.8) is 0 Å². The lowest BCUT2D eigenvalue weighted by Crippen LogP contribution is -2.41. The summed E-state index contributed by atoms with van der Waals surface area (Å²) in [6.45, 7) is 3.78. The zero-order valence-electron chi connectivity index (χ0n) is 16.5. The van der Waals surface area contributed by atoms with Crippen LogP contribution in [0.2, 0.25) is 10.0 Å². The molecular weight excluding hydrogens is 391 g/mol. The first-order chi connectivity index (χ1) is 13.4. The lowest BCUT2D eigenvalue weighted by molar-refractivity contribution is -0.114. The van der Waals surface area contributed by atoms with E-state index in [1.807, 2.05) is 18.2 Å². The molecule has 28 heavy (non-hydrogen) atoms. The summed E-state index contributed by atoms with van der Waals surface area (Å²) >= 11 is 12.1. The number of aryl methyl sites for hydroxylation is 2. The summed E-state index contributed by atoms with van der Waals surface area (Å²) in [5.74, 6) is -0.0289. The van der Waals surface area contributed by atoms with E-state index in [9.17, 15) is 4.79 Å². The van der Waals surface area contributed by atoms with Gasteiger partial charge in [-0.05, 0) is 79.5 Å². The number of halogens is 2. The number of carbonyl (C=O) groups excluding carboxylic acids is 1. The van der Waals surface area contributed by atoms with Crippen LogP contribution in [0, 0.1) is 0 Å². The highest BCUT2D eigenvalue weighted by Crippen LogP contribution is 2.26. The minimum atomic E-state index is -0.0289. The van der Waals surface area contributed by atoms with Gasteiger partial charge >= 0.3 is 0 Å². The van der Waals surface area contributed by atoms with Gasteiger partial charge in [0.15, 0.2) is 0 Å². The number of fused-ring (bicyclic) bond motifs is 1. The second-order valence-corrected chi connectivity index (χ2v) is 8.48. The monoisotopic (exact) mass is 418 g/mol. The summed E-state index contributed by atoms with van der Waals surface area (Å²) in [6.07, 6.45) is 6.39. The van der Waals surface area contributed by atoms with Crippen LogP contribution in [0.3, 0.4) is 0 Å². The number of nitrogens with one attached hydrogen (secondary N) is 2. The van der Waals surface area contributed by atoms with E-state index in [-0.39, 0.29) is 5.91 Å². The Kier molecular flexibility index (Phi) is 7.39. The molecule has 3 rings (SSSR count). The van der Waals surface area contributed by atoms with Crippen molar-refractivity contribution in [1.82, 2.24) is 5.32 Å². The summed E-state index contributed by atoms with van der Waals surface area (Å²) in [6, 6.07) is 13.1. The molecule has 2 N–H and O–H groups in total. The summed E-state index contributed by atoms with van der Waals surface area (Å²) in [7, 11) is 0. The lowest BCUT2D eigenvalue weighted by Gasteiger charge is -2.30. The van der Waals surface area contributed by atoms with Gasteiger partial charge in [-0.15, -0.1) is 0 Å². The Bertz CT molecular complexity index is 837. The number of hydrogen-bond donors (Lipinski definition) is 2. The molecule has 3 nitrogen and oxygen atoms in total. The molecule has 150 valence electrons. The maximum Gasteiger partial charge on any atom is 0.221 e. The van der Waals surface area contributed by atoms with Gasteiger partial charge in [-0.25, -0.2) is 0 Å². The topological polar surface area (TPSA) is 41.1 Å². The second kappa shape index (κ2) is 9.78. The molecule has 0 saturated carbocycles. The number of anilines is 1. The van der Waals surface area contributed by atoms with E-state index in [1.54, 1.807) is 6.92 Å². The van der Waals surface area contributed by atoms with E-state index in [4.69, 9.17) is 23.2 Å². The fourth-order valence-electron chi connectivity index (χ4n) is 3.96. The predicted molar refractivity (Wildman–Crippen MR) is 119 cm³/mol. The Morgan fingerprint density at radius 1 is 1.14 bits per heavy atom. The molecule has 0 aromatic heterocycles. The van der Waals surface area contributed by atoms with Crippen molar-refractivity contribution in [2.45, 2.75) is 64.5 Å². The van der Waals surface area contributed by atoms with Crippen molar-refractivity contribution in [1.29, 1.82) is 0 Å². The molecule has 0 spiro atoms. The summed E-state index contributed by atoms with van der Waals surface area (Å²) in [4.78, 5) is 11.3. The third-order valence-electron chi connectivity index (χ3n) is 5.48. The van der Waals surface area contributed by atoms with Gasteiger partial charge in [0, 0.05) is 24.7 Å². The SMILES string of the molecule is CCC(CCc1ccc(Cl)c(Cl)c1)NC1CCc2ccc(NC(C)=O)cc2C1. The number of benzene rings is 2. The van der Waals surface area contributed by atoms with Crippen molar-refractivity contribution < 1.29 is 4.79 Å². The maximum absolute atomic E-state index is 11.3. The number of carbonyl (C=O) groups is 1. The molecule has 2 atom stereocenters. The summed E-state index contributed by atoms with van der Waals surface area (Å²) in [5.41, 5.74) is 4.85. The molecule has 0 radical (unpaired) electrons. The smallest absolute Gasteiger partial charge is 0.221 e. The Hall–Kier alpha value is -1.55. The van der Waals surface area contributed by atoms with Crippen molar-refractivity contribution >= 4 is 34.8 Å². The number of amides is 1. The van der Waals surface area contributed by atoms with Crippen LogP contribution in [-0.2, 0) is 24.1 Å². The van der Waals surface area contributed by atoms with Crippen molar-refractivity contribution in [3.8, 4) is 0 Å². The fraction of sp³-hybridized carbons (Fsp3) is 0.435. The van der Waals surface area contributed by atoms with Crippen LogP contribution in [0.5, 0.6) is 0 Å². The molecule has 2 aromatic carbocycles. The van der Waals surface area contributed by atoms with E-state index in [1.165, 1.54) is 16.7 Å². The maximum atomic E-state index is 11.3. The molecule has 0 heterocycles. The van der Waals surface area contributed by atoms with Gasteiger partial charge in [0.25, 0.3) is 0 Å². The van der Waals surface area contributed by atoms with Crippen LogP contribution < -0.4 is 10.6 Å². The lowest BCUT2D eigenvalue weighted by atomic mass is 9.87. The van der Waals surface area contributed by atoms with Gasteiger partial charge in [0.2, 0.25) is 5.91 Å². The quantitative estimate of drug-likeness (QED) is 0.595. The first kappa shape index (κ1) is 21.2. The van der Waals surface area contributed by atoms with Crippen LogP contribution in [0.25, 0.3) is 0 Å². The van der Waals surface area contributed by atoms with Crippen molar-refractivity contribution in [2.24, 2.45) is 0 Å². The van der Waals surface area contributed by atoms with E-state index < -0.39 is 0 Å². The third-order valence-corrected chi connectivity index (χ3v) is 6.22. The van der Waals surface area contributed by atoms with Gasteiger partial charge < -0.3 is 10.6 Å². The minimum absolute atomic E-state index is 0.0289. The van der Waals surface area contributed by atoms with Gasteiger partial charge in [0.05, 0.1) is 10.0 Å². The highest BCUT2D eigenvalue weighted by atomic mass is 35.5.